The molecule has 4 unspecified atom stereocenters. The van der Waals surface area contributed by atoms with Crippen molar-refractivity contribution in [2.45, 2.75) is 51.4 Å². The van der Waals surface area contributed by atoms with Gasteiger partial charge in [-0.2, -0.15) is 0 Å². The Morgan fingerprint density at radius 2 is 1.27 bits per heavy atom. The molecule has 0 heterocycles. The minimum atomic E-state index is -1.44. The molecule has 26 heavy (non-hydrogen) atoms. The van der Waals surface area contributed by atoms with Crippen LogP contribution in [0.25, 0.3) is 0 Å². The molecule has 0 aromatic carbocycles. The van der Waals surface area contributed by atoms with E-state index in [0.717, 1.165) is 0 Å². The van der Waals surface area contributed by atoms with Gasteiger partial charge in [0.1, 0.15) is 18.1 Å². The molecule has 0 aliphatic carbocycles. The first kappa shape index (κ1) is 23.8. The SMILES string of the molecule is CC(C)CC(N)C(=O)NC(CO)C(=O)NC(CO)C(=O)NC(C)C(=O)O. The number of carboxylic acid groups (broad SMARTS) is 1. The fraction of sp³-hybridized carbons (Fsp3) is 0.733. The number of aliphatic hydroxyl groups excluding tert-OH is 2. The monoisotopic (exact) mass is 376 g/mol. The summed E-state index contributed by atoms with van der Waals surface area (Å²) in [6, 6.07) is -4.92. The summed E-state index contributed by atoms with van der Waals surface area (Å²) in [7, 11) is 0. The summed E-state index contributed by atoms with van der Waals surface area (Å²) in [6.07, 6.45) is 0.375. The van der Waals surface area contributed by atoms with Gasteiger partial charge in [-0.1, -0.05) is 13.8 Å². The molecule has 4 atom stereocenters. The Kier molecular flexibility index (Phi) is 10.4. The first-order valence-corrected chi connectivity index (χ1v) is 8.14. The van der Waals surface area contributed by atoms with Crippen molar-refractivity contribution in [2.75, 3.05) is 13.2 Å². The summed E-state index contributed by atoms with van der Waals surface area (Å²) in [4.78, 5) is 46.6. The minimum absolute atomic E-state index is 0.149. The van der Waals surface area contributed by atoms with Gasteiger partial charge in [0.25, 0.3) is 0 Å². The smallest absolute Gasteiger partial charge is 0.325 e. The number of amides is 3. The number of hydrogen-bond acceptors (Lipinski definition) is 7. The molecule has 8 N–H and O–H groups in total. The average Bonchev–Trinajstić information content (AvgIpc) is 2.55. The summed E-state index contributed by atoms with van der Waals surface area (Å²) in [5, 5.41) is 33.8. The highest BCUT2D eigenvalue weighted by Crippen LogP contribution is 2.03. The molecular weight excluding hydrogens is 348 g/mol. The van der Waals surface area contributed by atoms with Gasteiger partial charge in [-0.15, -0.1) is 0 Å². The van der Waals surface area contributed by atoms with Gasteiger partial charge in [0.05, 0.1) is 19.3 Å². The van der Waals surface area contributed by atoms with Crippen LogP contribution in [0.1, 0.15) is 27.2 Å². The third-order valence-electron chi connectivity index (χ3n) is 3.42. The third-order valence-corrected chi connectivity index (χ3v) is 3.42. The molecule has 11 nitrogen and oxygen atoms in total. The first-order valence-electron chi connectivity index (χ1n) is 8.14. The second-order valence-electron chi connectivity index (χ2n) is 6.29. The van der Waals surface area contributed by atoms with E-state index in [4.69, 9.17) is 10.8 Å². The number of carboxylic acids is 1. The van der Waals surface area contributed by atoms with Gasteiger partial charge >= 0.3 is 5.97 Å². The van der Waals surface area contributed by atoms with Crippen LogP contribution in [0, 0.1) is 5.92 Å². The number of aliphatic hydroxyl groups is 2. The van der Waals surface area contributed by atoms with Crippen LogP contribution >= 0.6 is 0 Å². The Morgan fingerprint density at radius 1 is 0.846 bits per heavy atom. The maximum absolute atomic E-state index is 12.1. The lowest BCUT2D eigenvalue weighted by molar-refractivity contribution is -0.142. The van der Waals surface area contributed by atoms with E-state index >= 15 is 0 Å². The molecular formula is C15H28N4O7. The normalized spacial score (nSPS) is 15.5. The highest BCUT2D eigenvalue weighted by atomic mass is 16.4. The molecule has 0 saturated heterocycles. The van der Waals surface area contributed by atoms with Crippen molar-refractivity contribution in [3.05, 3.63) is 0 Å². The fourth-order valence-corrected chi connectivity index (χ4v) is 1.93. The highest BCUT2D eigenvalue weighted by molar-refractivity contribution is 5.94. The van der Waals surface area contributed by atoms with Crippen LogP contribution in [-0.4, -0.2) is 76.4 Å². The number of rotatable bonds is 11. The zero-order valence-electron chi connectivity index (χ0n) is 15.1. The number of carbonyl (C=O) groups is 4. The van der Waals surface area contributed by atoms with Crippen molar-refractivity contribution in [2.24, 2.45) is 11.7 Å². The van der Waals surface area contributed by atoms with Crippen molar-refractivity contribution in [1.29, 1.82) is 0 Å². The van der Waals surface area contributed by atoms with Crippen LogP contribution in [0.5, 0.6) is 0 Å². The van der Waals surface area contributed by atoms with Gasteiger partial charge < -0.3 is 37.0 Å². The quantitative estimate of drug-likeness (QED) is 0.197. The zero-order chi connectivity index (χ0) is 20.4. The minimum Gasteiger partial charge on any atom is -0.480 e. The van der Waals surface area contributed by atoms with Gasteiger partial charge in [0, 0.05) is 0 Å². The van der Waals surface area contributed by atoms with E-state index in [0.29, 0.717) is 6.42 Å². The van der Waals surface area contributed by atoms with Gasteiger partial charge in [-0.05, 0) is 19.3 Å². The van der Waals surface area contributed by atoms with Crippen molar-refractivity contribution in [3.63, 3.8) is 0 Å². The van der Waals surface area contributed by atoms with Gasteiger partial charge in [0.2, 0.25) is 17.7 Å². The summed E-state index contributed by atoms with van der Waals surface area (Å²) >= 11 is 0. The van der Waals surface area contributed by atoms with Crippen LogP contribution in [-0.2, 0) is 19.2 Å². The number of aliphatic carboxylic acids is 1. The Balaban J connectivity index is 4.82. The van der Waals surface area contributed by atoms with Crippen molar-refractivity contribution >= 4 is 23.7 Å². The van der Waals surface area contributed by atoms with E-state index in [1.54, 1.807) is 0 Å². The van der Waals surface area contributed by atoms with Gasteiger partial charge in [0.15, 0.2) is 0 Å². The molecule has 11 heteroatoms. The van der Waals surface area contributed by atoms with Crippen LogP contribution in [0.2, 0.25) is 0 Å². The Hall–Kier alpha value is -2.24. The molecule has 150 valence electrons. The predicted octanol–water partition coefficient (Wildman–Crippen LogP) is -3.10. The number of hydrogen-bond donors (Lipinski definition) is 7. The summed E-state index contributed by atoms with van der Waals surface area (Å²) in [5.74, 6) is -3.63. The first-order chi connectivity index (χ1) is 12.0. The molecule has 3 amide bonds. The van der Waals surface area contributed by atoms with E-state index in [2.05, 4.69) is 16.0 Å². The predicted molar refractivity (Wildman–Crippen MR) is 90.7 cm³/mol. The topological polar surface area (TPSA) is 191 Å². The summed E-state index contributed by atoms with van der Waals surface area (Å²) < 4.78 is 0. The van der Waals surface area contributed by atoms with E-state index in [1.165, 1.54) is 6.92 Å². The Morgan fingerprint density at radius 3 is 1.65 bits per heavy atom. The summed E-state index contributed by atoms with van der Waals surface area (Å²) in [5.41, 5.74) is 5.70. The second-order valence-corrected chi connectivity index (χ2v) is 6.29. The maximum atomic E-state index is 12.1. The lowest BCUT2D eigenvalue weighted by atomic mass is 10.0. The summed E-state index contributed by atoms with van der Waals surface area (Å²) in [6.45, 7) is 3.39. The molecule has 0 fully saturated rings. The van der Waals surface area contributed by atoms with Crippen LogP contribution in [0.15, 0.2) is 0 Å². The number of nitrogens with one attached hydrogen (secondary N) is 3. The van der Waals surface area contributed by atoms with Crippen molar-refractivity contribution in [3.8, 4) is 0 Å². The average molecular weight is 376 g/mol. The Bertz CT molecular complexity index is 512. The van der Waals surface area contributed by atoms with E-state index in [-0.39, 0.29) is 5.92 Å². The molecule has 0 rings (SSSR count). The standard InChI is InChI=1S/C15H28N4O7/c1-7(2)4-9(16)12(22)18-11(6-21)14(24)19-10(5-20)13(23)17-8(3)15(25)26/h7-11,20-21H,4-6,16H2,1-3H3,(H,17,23)(H,18,22)(H,19,24)(H,25,26). The zero-order valence-corrected chi connectivity index (χ0v) is 15.1. The number of nitrogens with two attached hydrogens (primary N) is 1. The number of carbonyl (C=O) groups excluding carboxylic acids is 3. The largest absolute Gasteiger partial charge is 0.480 e. The van der Waals surface area contributed by atoms with Crippen LogP contribution in [0.4, 0.5) is 0 Å². The van der Waals surface area contributed by atoms with E-state index < -0.39 is 61.1 Å². The van der Waals surface area contributed by atoms with Gasteiger partial charge in [-0.3, -0.25) is 19.2 Å². The molecule has 0 aliphatic rings. The van der Waals surface area contributed by atoms with Crippen LogP contribution in [0.3, 0.4) is 0 Å². The molecule has 0 spiro atoms. The fourth-order valence-electron chi connectivity index (χ4n) is 1.93. The van der Waals surface area contributed by atoms with E-state index in [1.807, 2.05) is 13.8 Å². The van der Waals surface area contributed by atoms with Crippen LogP contribution < -0.4 is 21.7 Å². The van der Waals surface area contributed by atoms with Crippen molar-refractivity contribution in [1.82, 2.24) is 16.0 Å². The van der Waals surface area contributed by atoms with E-state index in [9.17, 15) is 29.4 Å². The molecule has 0 saturated carbocycles. The maximum Gasteiger partial charge on any atom is 0.325 e. The van der Waals surface area contributed by atoms with Crippen molar-refractivity contribution < 1.29 is 34.5 Å². The third kappa shape index (κ3) is 8.23. The molecule has 0 aliphatic heterocycles. The molecule has 0 bridgehead atoms. The van der Waals surface area contributed by atoms with Gasteiger partial charge in [-0.25, -0.2) is 0 Å². The highest BCUT2D eigenvalue weighted by Gasteiger charge is 2.28. The molecule has 0 radical (unpaired) electrons. The molecule has 0 aromatic heterocycles. The second kappa shape index (κ2) is 11.4. The molecule has 0 aromatic rings. The lowest BCUT2D eigenvalue weighted by Gasteiger charge is -2.23. The Labute approximate surface area is 151 Å². The lowest BCUT2D eigenvalue weighted by Crippen LogP contribution is -2.58.